The predicted octanol–water partition coefficient (Wildman–Crippen LogP) is 3.58. The molecule has 5 heteroatoms. The van der Waals surface area contributed by atoms with Gasteiger partial charge in [-0.15, -0.1) is 0 Å². The summed E-state index contributed by atoms with van der Waals surface area (Å²) in [6.45, 7) is 3.50. The minimum atomic E-state index is -0.258. The van der Waals surface area contributed by atoms with E-state index in [-0.39, 0.29) is 11.7 Å². The molecular formula is C22H27FN2O2. The van der Waals surface area contributed by atoms with Crippen molar-refractivity contribution in [3.63, 3.8) is 0 Å². The lowest BCUT2D eigenvalue weighted by atomic mass is 9.98. The first-order valence-corrected chi connectivity index (χ1v) is 9.49. The lowest BCUT2D eigenvalue weighted by Gasteiger charge is -2.32. The maximum atomic E-state index is 13.0. The number of halogens is 1. The number of ether oxygens (including phenoxy) is 1. The minimum Gasteiger partial charge on any atom is -0.493 e. The Morgan fingerprint density at radius 2 is 1.78 bits per heavy atom. The monoisotopic (exact) mass is 370 g/mol. The predicted molar refractivity (Wildman–Crippen MR) is 104 cm³/mol. The molecule has 144 valence electrons. The lowest BCUT2D eigenvalue weighted by Crippen LogP contribution is -2.42. The van der Waals surface area contributed by atoms with Crippen LogP contribution >= 0.6 is 0 Å². The largest absolute Gasteiger partial charge is 0.493 e. The average Bonchev–Trinajstić information content (AvgIpc) is 2.70. The fourth-order valence-electron chi connectivity index (χ4n) is 3.31. The smallest absolute Gasteiger partial charge is 0.236 e. The van der Waals surface area contributed by atoms with Gasteiger partial charge in [-0.1, -0.05) is 30.3 Å². The molecule has 1 amide bonds. The molecule has 0 saturated carbocycles. The van der Waals surface area contributed by atoms with Crippen molar-refractivity contribution in [3.8, 4) is 5.75 Å². The zero-order chi connectivity index (χ0) is 19.1. The number of benzene rings is 2. The van der Waals surface area contributed by atoms with Crippen LogP contribution in [0.1, 0.15) is 18.4 Å². The number of carbonyl (C=O) groups excluding carboxylic acids is 1. The van der Waals surface area contributed by atoms with Gasteiger partial charge in [0.05, 0.1) is 13.2 Å². The Kier molecular flexibility index (Phi) is 6.82. The van der Waals surface area contributed by atoms with E-state index in [0.717, 1.165) is 43.9 Å². The Morgan fingerprint density at radius 3 is 2.44 bits per heavy atom. The van der Waals surface area contributed by atoms with Gasteiger partial charge in [-0.3, -0.25) is 9.69 Å². The number of rotatable bonds is 7. The average molecular weight is 370 g/mol. The summed E-state index contributed by atoms with van der Waals surface area (Å²) in [5.74, 6) is 1.29. The number of carbonyl (C=O) groups is 1. The summed E-state index contributed by atoms with van der Waals surface area (Å²) in [4.78, 5) is 16.4. The van der Waals surface area contributed by atoms with E-state index in [1.807, 2.05) is 30.3 Å². The van der Waals surface area contributed by atoms with E-state index in [1.165, 1.54) is 12.1 Å². The molecule has 1 saturated heterocycles. The molecule has 1 aliphatic heterocycles. The first-order chi connectivity index (χ1) is 13.1. The highest BCUT2D eigenvalue weighted by Crippen LogP contribution is 2.19. The summed E-state index contributed by atoms with van der Waals surface area (Å²) in [6.07, 6.45) is 2.09. The van der Waals surface area contributed by atoms with Crippen molar-refractivity contribution in [3.05, 3.63) is 66.0 Å². The van der Waals surface area contributed by atoms with Gasteiger partial charge in [-0.05, 0) is 61.7 Å². The molecule has 0 aliphatic carbocycles. The number of piperidine rings is 1. The molecule has 2 aromatic rings. The van der Waals surface area contributed by atoms with Crippen molar-refractivity contribution < 1.29 is 13.9 Å². The molecule has 0 aromatic heterocycles. The van der Waals surface area contributed by atoms with E-state index in [9.17, 15) is 9.18 Å². The number of nitrogens with zero attached hydrogens (tertiary/aromatic N) is 2. The SMILES string of the molecule is CN(Cc1ccc(F)cc1)C(=O)CN1CCC(COc2ccccc2)CC1. The Labute approximate surface area is 160 Å². The summed E-state index contributed by atoms with van der Waals surface area (Å²) in [7, 11) is 1.80. The number of para-hydroxylation sites is 1. The molecule has 27 heavy (non-hydrogen) atoms. The second-order valence-electron chi connectivity index (χ2n) is 7.22. The number of amides is 1. The van der Waals surface area contributed by atoms with Gasteiger partial charge in [0.1, 0.15) is 11.6 Å². The van der Waals surface area contributed by atoms with E-state index < -0.39 is 0 Å². The third-order valence-corrected chi connectivity index (χ3v) is 5.05. The van der Waals surface area contributed by atoms with Gasteiger partial charge in [-0.2, -0.15) is 0 Å². The van der Waals surface area contributed by atoms with Gasteiger partial charge in [0.25, 0.3) is 0 Å². The Morgan fingerprint density at radius 1 is 1.11 bits per heavy atom. The summed E-state index contributed by atoms with van der Waals surface area (Å²) in [5, 5.41) is 0. The van der Waals surface area contributed by atoms with Crippen molar-refractivity contribution in [2.45, 2.75) is 19.4 Å². The number of hydrogen-bond donors (Lipinski definition) is 0. The van der Waals surface area contributed by atoms with Crippen LogP contribution < -0.4 is 4.74 Å². The lowest BCUT2D eigenvalue weighted by molar-refractivity contribution is -0.132. The van der Waals surface area contributed by atoms with Crippen molar-refractivity contribution in [2.24, 2.45) is 5.92 Å². The second-order valence-corrected chi connectivity index (χ2v) is 7.22. The van der Waals surface area contributed by atoms with Gasteiger partial charge < -0.3 is 9.64 Å². The van der Waals surface area contributed by atoms with Crippen LogP contribution in [0, 0.1) is 11.7 Å². The third-order valence-electron chi connectivity index (χ3n) is 5.05. The van der Waals surface area contributed by atoms with E-state index in [4.69, 9.17) is 4.74 Å². The molecule has 0 atom stereocenters. The summed E-state index contributed by atoms with van der Waals surface area (Å²) >= 11 is 0. The number of likely N-dealkylation sites (N-methyl/N-ethyl adjacent to an activating group) is 1. The highest BCUT2D eigenvalue weighted by atomic mass is 19.1. The molecule has 0 bridgehead atoms. The highest BCUT2D eigenvalue weighted by molar-refractivity contribution is 5.78. The van der Waals surface area contributed by atoms with Gasteiger partial charge in [0.15, 0.2) is 0 Å². The Bertz CT molecular complexity index is 713. The van der Waals surface area contributed by atoms with Gasteiger partial charge in [0, 0.05) is 13.6 Å². The molecule has 0 N–H and O–H groups in total. The molecule has 0 spiro atoms. The van der Waals surface area contributed by atoms with Crippen LogP contribution in [0.3, 0.4) is 0 Å². The first-order valence-electron chi connectivity index (χ1n) is 9.49. The van der Waals surface area contributed by atoms with Crippen molar-refractivity contribution in [2.75, 3.05) is 33.3 Å². The first kappa shape index (κ1) is 19.4. The molecule has 0 radical (unpaired) electrons. The molecule has 1 heterocycles. The van der Waals surface area contributed by atoms with E-state index >= 15 is 0 Å². The van der Waals surface area contributed by atoms with Crippen molar-refractivity contribution in [1.82, 2.24) is 9.80 Å². The van der Waals surface area contributed by atoms with Crippen LogP contribution in [-0.4, -0.2) is 49.0 Å². The van der Waals surface area contributed by atoms with Crippen LogP contribution in [0.2, 0.25) is 0 Å². The maximum absolute atomic E-state index is 13.0. The van der Waals surface area contributed by atoms with Gasteiger partial charge >= 0.3 is 0 Å². The topological polar surface area (TPSA) is 32.8 Å². The molecule has 2 aromatic carbocycles. The highest BCUT2D eigenvalue weighted by Gasteiger charge is 2.22. The Hall–Kier alpha value is -2.40. The fraction of sp³-hybridized carbons (Fsp3) is 0.409. The van der Waals surface area contributed by atoms with Crippen molar-refractivity contribution >= 4 is 5.91 Å². The van der Waals surface area contributed by atoms with Crippen LogP contribution in [-0.2, 0) is 11.3 Å². The van der Waals surface area contributed by atoms with Crippen LogP contribution in [0.25, 0.3) is 0 Å². The molecule has 4 nitrogen and oxygen atoms in total. The maximum Gasteiger partial charge on any atom is 0.236 e. The molecule has 1 aliphatic rings. The summed E-state index contributed by atoms with van der Waals surface area (Å²) < 4.78 is 18.8. The molecule has 0 unspecified atom stereocenters. The van der Waals surface area contributed by atoms with Crippen LogP contribution in [0.4, 0.5) is 4.39 Å². The minimum absolute atomic E-state index is 0.0957. The molecule has 1 fully saturated rings. The fourth-order valence-corrected chi connectivity index (χ4v) is 3.31. The standard InChI is InChI=1S/C22H27FN2O2/c1-24(15-18-7-9-20(23)10-8-18)22(26)16-25-13-11-19(12-14-25)17-27-21-5-3-2-4-6-21/h2-10,19H,11-17H2,1H3. The van der Waals surface area contributed by atoms with Gasteiger partial charge in [-0.25, -0.2) is 4.39 Å². The van der Waals surface area contributed by atoms with E-state index in [0.29, 0.717) is 19.0 Å². The van der Waals surface area contributed by atoms with Crippen molar-refractivity contribution in [1.29, 1.82) is 0 Å². The third kappa shape index (κ3) is 6.07. The summed E-state index contributed by atoms with van der Waals surface area (Å²) in [5.41, 5.74) is 0.934. The van der Waals surface area contributed by atoms with Gasteiger partial charge in [0.2, 0.25) is 5.91 Å². The van der Waals surface area contributed by atoms with Crippen LogP contribution in [0.5, 0.6) is 5.75 Å². The zero-order valence-corrected chi connectivity index (χ0v) is 15.8. The zero-order valence-electron chi connectivity index (χ0n) is 15.8. The summed E-state index contributed by atoms with van der Waals surface area (Å²) in [6, 6.07) is 16.2. The molecule has 3 rings (SSSR count). The Balaban J connectivity index is 1.37. The van der Waals surface area contributed by atoms with E-state index in [2.05, 4.69) is 4.90 Å². The molecular weight excluding hydrogens is 343 g/mol. The van der Waals surface area contributed by atoms with Crippen LogP contribution in [0.15, 0.2) is 54.6 Å². The van der Waals surface area contributed by atoms with E-state index in [1.54, 1.807) is 24.1 Å². The quantitative estimate of drug-likeness (QED) is 0.747. The number of hydrogen-bond acceptors (Lipinski definition) is 3. The normalized spacial score (nSPS) is 15.5. The second kappa shape index (κ2) is 9.51. The number of likely N-dealkylation sites (tertiary alicyclic amines) is 1.